The normalized spacial score (nSPS) is 15.7. The van der Waals surface area contributed by atoms with Crippen LogP contribution in [-0.4, -0.2) is 11.9 Å². The summed E-state index contributed by atoms with van der Waals surface area (Å²) in [5.41, 5.74) is 3.32. The van der Waals surface area contributed by atoms with Gasteiger partial charge in [-0.05, 0) is 47.5 Å². The molecule has 1 aliphatic rings. The van der Waals surface area contributed by atoms with E-state index in [1.165, 1.54) is 30.4 Å². The first-order valence-electron chi connectivity index (χ1n) is 10.1. The number of benzene rings is 2. The van der Waals surface area contributed by atoms with E-state index in [9.17, 15) is 4.79 Å². The first-order valence-corrected chi connectivity index (χ1v) is 10.9. The molecule has 0 radical (unpaired) electrons. The number of hydrogen-bond acceptors (Lipinski definition) is 3. The van der Waals surface area contributed by atoms with Crippen molar-refractivity contribution in [1.82, 2.24) is 5.32 Å². The molecule has 1 aromatic heterocycles. The van der Waals surface area contributed by atoms with Crippen LogP contribution in [0, 0.1) is 0 Å². The molecule has 1 unspecified atom stereocenters. The Morgan fingerprint density at radius 1 is 0.857 bits per heavy atom. The number of hydrogen-bond donors (Lipinski definition) is 2. The molecule has 2 aromatic carbocycles. The van der Waals surface area contributed by atoms with Crippen molar-refractivity contribution in [3.05, 3.63) is 77.0 Å². The number of thiophene rings is 1. The molecule has 144 valence electrons. The highest BCUT2D eigenvalue weighted by atomic mass is 32.1. The van der Waals surface area contributed by atoms with Crippen LogP contribution in [0.3, 0.4) is 0 Å². The van der Waals surface area contributed by atoms with Crippen LogP contribution in [0.15, 0.2) is 72.1 Å². The third-order valence-corrected chi connectivity index (χ3v) is 6.28. The molecule has 4 rings (SSSR count). The molecule has 1 saturated carbocycles. The van der Waals surface area contributed by atoms with Gasteiger partial charge in [-0.25, -0.2) is 0 Å². The first-order chi connectivity index (χ1) is 13.8. The molecule has 0 aliphatic heterocycles. The number of amides is 1. The van der Waals surface area contributed by atoms with Crippen LogP contribution in [-0.2, 0) is 4.79 Å². The van der Waals surface area contributed by atoms with Crippen LogP contribution in [0.1, 0.15) is 43.0 Å². The monoisotopic (exact) mass is 390 g/mol. The summed E-state index contributed by atoms with van der Waals surface area (Å²) in [5, 5.41) is 8.74. The lowest BCUT2D eigenvalue weighted by molar-refractivity contribution is -0.122. The van der Waals surface area contributed by atoms with Gasteiger partial charge in [0.1, 0.15) is 6.04 Å². The summed E-state index contributed by atoms with van der Waals surface area (Å²) in [4.78, 5) is 14.1. The van der Waals surface area contributed by atoms with Crippen molar-refractivity contribution >= 4 is 22.9 Å². The van der Waals surface area contributed by atoms with E-state index in [1.807, 2.05) is 35.7 Å². The Bertz CT molecular complexity index is 869. The van der Waals surface area contributed by atoms with Gasteiger partial charge in [-0.1, -0.05) is 67.8 Å². The lowest BCUT2D eigenvalue weighted by atomic mass is 9.95. The maximum atomic E-state index is 13.0. The lowest BCUT2D eigenvalue weighted by Crippen LogP contribution is -2.41. The van der Waals surface area contributed by atoms with Gasteiger partial charge in [0, 0.05) is 16.6 Å². The fourth-order valence-electron chi connectivity index (χ4n) is 3.81. The lowest BCUT2D eigenvalue weighted by Gasteiger charge is -2.26. The molecule has 1 amide bonds. The molecule has 0 bridgehead atoms. The minimum absolute atomic E-state index is 0.0708. The highest BCUT2D eigenvalue weighted by Crippen LogP contribution is 2.27. The Labute approximate surface area is 170 Å². The Morgan fingerprint density at radius 2 is 1.57 bits per heavy atom. The molecule has 3 aromatic rings. The van der Waals surface area contributed by atoms with Crippen LogP contribution in [0.25, 0.3) is 11.1 Å². The van der Waals surface area contributed by atoms with Crippen molar-refractivity contribution in [1.29, 1.82) is 0 Å². The van der Waals surface area contributed by atoms with Crippen molar-refractivity contribution in [3.63, 3.8) is 0 Å². The van der Waals surface area contributed by atoms with E-state index in [-0.39, 0.29) is 11.9 Å². The second-order valence-corrected chi connectivity index (χ2v) is 8.36. The van der Waals surface area contributed by atoms with E-state index in [0.717, 1.165) is 23.4 Å². The van der Waals surface area contributed by atoms with Gasteiger partial charge in [0.15, 0.2) is 0 Å². The number of anilines is 1. The number of nitrogens with one attached hydrogen (secondary N) is 2. The molecule has 1 fully saturated rings. The summed E-state index contributed by atoms with van der Waals surface area (Å²) >= 11 is 1.62. The molecule has 4 heteroatoms. The number of carbonyl (C=O) groups excluding carboxylic acids is 1. The van der Waals surface area contributed by atoms with E-state index in [0.29, 0.717) is 6.04 Å². The smallest absolute Gasteiger partial charge is 0.248 e. The minimum atomic E-state index is -0.357. The summed E-state index contributed by atoms with van der Waals surface area (Å²) in [6.07, 6.45) is 5.89. The maximum Gasteiger partial charge on any atom is 0.248 e. The van der Waals surface area contributed by atoms with Crippen LogP contribution < -0.4 is 10.6 Å². The van der Waals surface area contributed by atoms with E-state index in [2.05, 4.69) is 47.0 Å². The van der Waals surface area contributed by atoms with Crippen LogP contribution >= 0.6 is 11.3 Å². The van der Waals surface area contributed by atoms with Gasteiger partial charge in [0.05, 0.1) is 0 Å². The molecule has 0 spiro atoms. The van der Waals surface area contributed by atoms with Crippen molar-refractivity contribution in [3.8, 4) is 11.1 Å². The number of rotatable bonds is 6. The summed E-state index contributed by atoms with van der Waals surface area (Å²) in [6, 6.07) is 22.6. The molecular formula is C24H26N2OS. The zero-order valence-corrected chi connectivity index (χ0v) is 16.8. The van der Waals surface area contributed by atoms with Gasteiger partial charge in [-0.3, -0.25) is 4.79 Å². The highest BCUT2D eigenvalue weighted by molar-refractivity contribution is 7.10. The van der Waals surface area contributed by atoms with Gasteiger partial charge < -0.3 is 10.6 Å². The Morgan fingerprint density at radius 3 is 2.25 bits per heavy atom. The largest absolute Gasteiger partial charge is 0.369 e. The third-order valence-electron chi connectivity index (χ3n) is 5.34. The molecule has 2 N–H and O–H groups in total. The predicted octanol–water partition coefficient (Wildman–Crippen LogP) is 6.02. The van der Waals surface area contributed by atoms with Gasteiger partial charge >= 0.3 is 0 Å². The van der Waals surface area contributed by atoms with E-state index >= 15 is 0 Å². The van der Waals surface area contributed by atoms with Crippen molar-refractivity contribution < 1.29 is 4.79 Å². The van der Waals surface area contributed by atoms with Gasteiger partial charge in [-0.2, -0.15) is 0 Å². The molecular weight excluding hydrogens is 364 g/mol. The number of carbonyl (C=O) groups is 1. The topological polar surface area (TPSA) is 41.1 Å². The summed E-state index contributed by atoms with van der Waals surface area (Å²) in [5.74, 6) is 0.0708. The molecule has 28 heavy (non-hydrogen) atoms. The molecule has 0 saturated heterocycles. The van der Waals surface area contributed by atoms with E-state index in [4.69, 9.17) is 0 Å². The van der Waals surface area contributed by atoms with Gasteiger partial charge in [0.25, 0.3) is 0 Å². The Balaban J connectivity index is 1.49. The second-order valence-electron chi connectivity index (χ2n) is 7.38. The average Bonchev–Trinajstić information content (AvgIpc) is 3.28. The van der Waals surface area contributed by atoms with Crippen LogP contribution in [0.5, 0.6) is 0 Å². The molecule has 3 nitrogen and oxygen atoms in total. The standard InChI is InChI=1S/C24H26N2OS/c27-24(26-20-10-5-2-6-11-20)23(22-12-7-17-28-22)25-21-15-13-19(14-16-21)18-8-3-1-4-9-18/h1,3-4,7-9,12-17,20,23,25H,2,5-6,10-11H2,(H,26,27). The van der Waals surface area contributed by atoms with Crippen molar-refractivity contribution in [2.75, 3.05) is 5.32 Å². The van der Waals surface area contributed by atoms with Crippen molar-refractivity contribution in [2.45, 2.75) is 44.2 Å². The van der Waals surface area contributed by atoms with E-state index < -0.39 is 0 Å². The average molecular weight is 391 g/mol. The molecule has 1 atom stereocenters. The fourth-order valence-corrected chi connectivity index (χ4v) is 4.58. The van der Waals surface area contributed by atoms with Gasteiger partial charge in [-0.15, -0.1) is 11.3 Å². The first kappa shape index (κ1) is 18.8. The summed E-state index contributed by atoms with van der Waals surface area (Å²) in [7, 11) is 0. The zero-order chi connectivity index (χ0) is 19.2. The Hall–Kier alpha value is -2.59. The van der Waals surface area contributed by atoms with Crippen LogP contribution in [0.4, 0.5) is 5.69 Å². The third kappa shape index (κ3) is 4.63. The zero-order valence-electron chi connectivity index (χ0n) is 15.9. The Kier molecular flexibility index (Phi) is 6.07. The molecule has 1 heterocycles. The molecule has 1 aliphatic carbocycles. The quantitative estimate of drug-likeness (QED) is 0.540. The van der Waals surface area contributed by atoms with Crippen LogP contribution in [0.2, 0.25) is 0 Å². The summed E-state index contributed by atoms with van der Waals surface area (Å²) in [6.45, 7) is 0. The minimum Gasteiger partial charge on any atom is -0.369 e. The predicted molar refractivity (Wildman–Crippen MR) is 118 cm³/mol. The second kappa shape index (κ2) is 9.07. The van der Waals surface area contributed by atoms with E-state index in [1.54, 1.807) is 11.3 Å². The SMILES string of the molecule is O=C(NC1CCCCC1)C(Nc1ccc(-c2ccccc2)cc1)c1cccs1. The maximum absolute atomic E-state index is 13.0. The fraction of sp³-hybridized carbons (Fsp3) is 0.292. The van der Waals surface area contributed by atoms with Crippen molar-refractivity contribution in [2.24, 2.45) is 0 Å². The van der Waals surface area contributed by atoms with Gasteiger partial charge in [0.2, 0.25) is 5.91 Å². The highest BCUT2D eigenvalue weighted by Gasteiger charge is 2.25. The summed E-state index contributed by atoms with van der Waals surface area (Å²) < 4.78 is 0.